The van der Waals surface area contributed by atoms with Crippen LogP contribution in [0.25, 0.3) is 0 Å². The molecule has 0 saturated heterocycles. The van der Waals surface area contributed by atoms with Gasteiger partial charge in [0.15, 0.2) is 5.82 Å². The third-order valence-electron chi connectivity index (χ3n) is 4.08. The van der Waals surface area contributed by atoms with E-state index in [1.807, 2.05) is 11.8 Å². The van der Waals surface area contributed by atoms with E-state index in [4.69, 9.17) is 4.52 Å². The summed E-state index contributed by atoms with van der Waals surface area (Å²) in [6, 6.07) is 6.01. The average Bonchev–Trinajstić information content (AvgIpc) is 3.28. The third kappa shape index (κ3) is 4.14. The number of aryl methyl sites for hydroxylation is 1. The van der Waals surface area contributed by atoms with Gasteiger partial charge in [-0.15, -0.1) is 0 Å². The van der Waals surface area contributed by atoms with Gasteiger partial charge in [0.1, 0.15) is 0 Å². The molecular weight excluding hydrogens is 319 g/mol. The molecule has 1 heterocycles. The van der Waals surface area contributed by atoms with E-state index in [0.717, 1.165) is 31.7 Å². The van der Waals surface area contributed by atoms with Crippen LogP contribution >= 0.6 is 0 Å². The van der Waals surface area contributed by atoms with Gasteiger partial charge in [0.25, 0.3) is 0 Å². The Kier molecular flexibility index (Phi) is 4.89. The molecule has 7 heteroatoms. The van der Waals surface area contributed by atoms with Gasteiger partial charge < -0.3 is 4.52 Å². The Labute approximate surface area is 138 Å². The number of aromatic nitrogens is 2. The highest BCUT2D eigenvalue weighted by Crippen LogP contribution is 2.35. The number of hydrogen-bond donors (Lipinski definition) is 0. The molecule has 0 spiro atoms. The number of benzene rings is 1. The summed E-state index contributed by atoms with van der Waals surface area (Å²) in [6.45, 7) is 2.64. The van der Waals surface area contributed by atoms with Gasteiger partial charge >= 0.3 is 6.18 Å². The predicted octanol–water partition coefficient (Wildman–Crippen LogP) is 4.21. The third-order valence-corrected chi connectivity index (χ3v) is 4.08. The first kappa shape index (κ1) is 17.0. The molecule has 4 nitrogen and oxygen atoms in total. The molecule has 0 unspecified atom stereocenters. The largest absolute Gasteiger partial charge is 0.416 e. The van der Waals surface area contributed by atoms with Crippen molar-refractivity contribution in [1.82, 2.24) is 15.0 Å². The van der Waals surface area contributed by atoms with E-state index in [1.165, 1.54) is 12.1 Å². The summed E-state index contributed by atoms with van der Waals surface area (Å²) in [6.07, 6.45) is -0.701. The lowest BCUT2D eigenvalue weighted by Crippen LogP contribution is -2.26. The van der Waals surface area contributed by atoms with Crippen LogP contribution in [0, 0.1) is 0 Å². The van der Waals surface area contributed by atoms with Crippen molar-refractivity contribution in [3.8, 4) is 0 Å². The molecule has 2 aromatic rings. The average molecular weight is 339 g/mol. The monoisotopic (exact) mass is 339 g/mol. The van der Waals surface area contributed by atoms with Gasteiger partial charge in [0.2, 0.25) is 5.89 Å². The number of rotatable bonds is 7. The second-order valence-corrected chi connectivity index (χ2v) is 6.15. The lowest BCUT2D eigenvalue weighted by Gasteiger charge is -2.22. The van der Waals surface area contributed by atoms with E-state index >= 15 is 0 Å². The fourth-order valence-corrected chi connectivity index (χ4v) is 2.76. The summed E-state index contributed by atoms with van der Waals surface area (Å²) in [5.74, 6) is 1.12. The topological polar surface area (TPSA) is 42.2 Å². The van der Waals surface area contributed by atoms with Gasteiger partial charge in [-0.1, -0.05) is 30.3 Å². The lowest BCUT2D eigenvalue weighted by molar-refractivity contribution is -0.138. The molecule has 0 atom stereocenters. The van der Waals surface area contributed by atoms with Gasteiger partial charge in [-0.2, -0.15) is 18.2 Å². The fraction of sp³-hybridized carbons (Fsp3) is 0.529. The molecule has 1 aliphatic carbocycles. The summed E-state index contributed by atoms with van der Waals surface area (Å²) in [7, 11) is 0. The number of alkyl halides is 3. The molecule has 0 bridgehead atoms. The van der Waals surface area contributed by atoms with E-state index < -0.39 is 11.7 Å². The minimum Gasteiger partial charge on any atom is -0.338 e. The Balaban J connectivity index is 1.75. The van der Waals surface area contributed by atoms with Crippen molar-refractivity contribution in [2.24, 2.45) is 0 Å². The summed E-state index contributed by atoms with van der Waals surface area (Å²) >= 11 is 0. The molecule has 1 aromatic heterocycles. The highest BCUT2D eigenvalue weighted by molar-refractivity contribution is 5.29. The summed E-state index contributed by atoms with van der Waals surface area (Å²) in [4.78, 5) is 6.31. The smallest absolute Gasteiger partial charge is 0.338 e. The van der Waals surface area contributed by atoms with Crippen molar-refractivity contribution in [2.75, 3.05) is 0 Å². The second-order valence-electron chi connectivity index (χ2n) is 6.15. The van der Waals surface area contributed by atoms with Crippen LogP contribution in [0.4, 0.5) is 13.2 Å². The van der Waals surface area contributed by atoms with Crippen molar-refractivity contribution in [3.05, 3.63) is 47.1 Å². The SMILES string of the molecule is CCCc1noc(CN(Cc2ccccc2C(F)(F)F)C2CC2)n1. The molecule has 0 N–H and O–H groups in total. The lowest BCUT2D eigenvalue weighted by atomic mass is 10.1. The molecule has 3 rings (SSSR count). The maximum absolute atomic E-state index is 13.2. The number of hydrogen-bond acceptors (Lipinski definition) is 4. The summed E-state index contributed by atoms with van der Waals surface area (Å²) in [5.41, 5.74) is -0.293. The van der Waals surface area contributed by atoms with Gasteiger partial charge in [0.05, 0.1) is 12.1 Å². The van der Waals surface area contributed by atoms with E-state index in [1.54, 1.807) is 6.07 Å². The maximum atomic E-state index is 13.2. The summed E-state index contributed by atoms with van der Waals surface area (Å²) in [5, 5.41) is 3.91. The Morgan fingerprint density at radius 3 is 2.62 bits per heavy atom. The number of halogens is 3. The van der Waals surface area contributed by atoms with E-state index in [9.17, 15) is 13.2 Å². The van der Waals surface area contributed by atoms with Crippen LogP contribution < -0.4 is 0 Å². The Morgan fingerprint density at radius 2 is 1.96 bits per heavy atom. The normalized spacial score (nSPS) is 15.2. The van der Waals surface area contributed by atoms with E-state index in [0.29, 0.717) is 18.3 Å². The van der Waals surface area contributed by atoms with Gasteiger partial charge in [-0.3, -0.25) is 4.90 Å². The molecule has 1 aromatic carbocycles. The van der Waals surface area contributed by atoms with E-state index in [-0.39, 0.29) is 18.2 Å². The van der Waals surface area contributed by atoms with Crippen molar-refractivity contribution >= 4 is 0 Å². The van der Waals surface area contributed by atoms with Gasteiger partial charge in [-0.25, -0.2) is 0 Å². The van der Waals surface area contributed by atoms with E-state index in [2.05, 4.69) is 10.1 Å². The fourth-order valence-electron chi connectivity index (χ4n) is 2.76. The molecule has 0 radical (unpaired) electrons. The van der Waals surface area contributed by atoms with Crippen LogP contribution in [0.5, 0.6) is 0 Å². The first-order valence-corrected chi connectivity index (χ1v) is 8.18. The standard InChI is InChI=1S/C17H20F3N3O/c1-2-5-15-21-16(24-22-15)11-23(13-8-9-13)10-12-6-3-4-7-14(12)17(18,19)20/h3-4,6-7,13H,2,5,8-11H2,1H3. The van der Waals surface area contributed by atoms with Crippen molar-refractivity contribution in [3.63, 3.8) is 0 Å². The summed E-state index contributed by atoms with van der Waals surface area (Å²) < 4.78 is 44.7. The second kappa shape index (κ2) is 6.93. The molecule has 24 heavy (non-hydrogen) atoms. The Hall–Kier alpha value is -1.89. The minimum atomic E-state index is -4.34. The van der Waals surface area contributed by atoms with Crippen LogP contribution in [-0.4, -0.2) is 21.1 Å². The molecule has 0 amide bonds. The quantitative estimate of drug-likeness (QED) is 0.758. The molecular formula is C17H20F3N3O. The van der Waals surface area contributed by atoms with Gasteiger partial charge in [-0.05, 0) is 30.9 Å². The van der Waals surface area contributed by atoms with Crippen molar-refractivity contribution in [1.29, 1.82) is 0 Å². The zero-order valence-corrected chi connectivity index (χ0v) is 13.5. The molecule has 1 fully saturated rings. The highest BCUT2D eigenvalue weighted by Gasteiger charge is 2.35. The van der Waals surface area contributed by atoms with Crippen molar-refractivity contribution < 1.29 is 17.7 Å². The van der Waals surface area contributed by atoms with Gasteiger partial charge in [0, 0.05) is 19.0 Å². The van der Waals surface area contributed by atoms with Crippen LogP contribution in [0.1, 0.15) is 49.0 Å². The minimum absolute atomic E-state index is 0.228. The van der Waals surface area contributed by atoms with Crippen molar-refractivity contribution in [2.45, 2.75) is 57.9 Å². The first-order chi connectivity index (χ1) is 11.5. The van der Waals surface area contributed by atoms with Crippen LogP contribution in [0.2, 0.25) is 0 Å². The zero-order chi connectivity index (χ0) is 17.2. The molecule has 0 aliphatic heterocycles. The molecule has 130 valence electrons. The highest BCUT2D eigenvalue weighted by atomic mass is 19.4. The molecule has 1 aliphatic rings. The van der Waals surface area contributed by atoms with Crippen LogP contribution in [0.3, 0.4) is 0 Å². The zero-order valence-electron chi connectivity index (χ0n) is 13.5. The maximum Gasteiger partial charge on any atom is 0.416 e. The Bertz CT molecular complexity index is 680. The molecule has 1 saturated carbocycles. The van der Waals surface area contributed by atoms with Crippen LogP contribution in [0.15, 0.2) is 28.8 Å². The van der Waals surface area contributed by atoms with Crippen LogP contribution in [-0.2, 0) is 25.7 Å². The predicted molar refractivity (Wildman–Crippen MR) is 82.0 cm³/mol. The first-order valence-electron chi connectivity index (χ1n) is 8.18. The Morgan fingerprint density at radius 1 is 1.21 bits per heavy atom. The number of nitrogens with zero attached hydrogens (tertiary/aromatic N) is 3.